The fourth-order valence-corrected chi connectivity index (χ4v) is 8.81. The second-order valence-corrected chi connectivity index (χ2v) is 16.3. The molecule has 5 rings (SSSR count). The van der Waals surface area contributed by atoms with Gasteiger partial charge in [-0.25, -0.2) is 4.79 Å². The average Bonchev–Trinajstić information content (AvgIpc) is 3.47. The summed E-state index contributed by atoms with van der Waals surface area (Å²) in [5.74, 6) is -5.13. The fourth-order valence-electron chi connectivity index (χ4n) is 8.81. The monoisotopic (exact) mass is 765 g/mol. The molecular weight excluding hydrogens is 706 g/mol. The van der Waals surface area contributed by atoms with E-state index in [2.05, 4.69) is 10.3 Å². The zero-order valence-electron chi connectivity index (χ0n) is 33.8. The number of nitrogens with one attached hydrogen (secondary N) is 1. The van der Waals surface area contributed by atoms with Crippen molar-refractivity contribution in [3.8, 4) is 0 Å². The number of cyclic esters (lactones) is 1. The highest BCUT2D eigenvalue weighted by Crippen LogP contribution is 2.40. The standard InChI is InChI=1S/C42H59N3O10/c1-11-32-42(8)36(44-40(50)55-42)25(4)33(46)23(2)20-41(7,51-18-14-16-29-22-43-21-28-15-12-13-17-30(28)29)37(26(5)34(47)27(6)38(49)53-32)54-39-35(48)31(45(9)10)19-24(3)52-39/h12-17,21-27,31-32,35-37,39,48H,11,18-20H2,1-10H3,(H,44,50)/b16-14+/t23-,24-,25+,26+,27-,31+,32?,35-,36-,37-,39+,41-,42-/m1/s1. The third-order valence-corrected chi connectivity index (χ3v) is 12.0. The number of hydrogen-bond acceptors (Lipinski definition) is 12. The first-order valence-corrected chi connectivity index (χ1v) is 19.5. The van der Waals surface area contributed by atoms with Crippen LogP contribution in [0.2, 0.25) is 0 Å². The molecular formula is C42H59N3O10. The predicted octanol–water partition coefficient (Wildman–Crippen LogP) is 5.11. The van der Waals surface area contributed by atoms with Crippen molar-refractivity contribution in [2.75, 3.05) is 20.7 Å². The van der Waals surface area contributed by atoms with Crippen molar-refractivity contribution in [3.63, 3.8) is 0 Å². The minimum Gasteiger partial charge on any atom is -0.458 e. The van der Waals surface area contributed by atoms with Crippen LogP contribution in [-0.2, 0) is 38.1 Å². The number of aromatic nitrogens is 1. The van der Waals surface area contributed by atoms with Crippen molar-refractivity contribution < 1.29 is 48.0 Å². The number of ether oxygens (including phenoxy) is 5. The van der Waals surface area contributed by atoms with Gasteiger partial charge in [0.1, 0.15) is 23.9 Å². The number of aliphatic hydroxyl groups excluding tert-OH is 1. The normalized spacial score (nSPS) is 38.1. The SMILES string of the molecule is CCC1OC(=O)[C@H](C)C(=O)[C@H](C)[C@@H](O[C@@H]2O[C@H](C)C[C@H](N(C)C)[C@H]2O)[C@](C)(OC/C=C/c2cncc3ccccc23)C[C@@H](C)C(=O)[C@H](C)[C@H]2NC(=O)O[C@]12C. The molecule has 0 radical (unpaired) electrons. The van der Waals surface area contributed by atoms with Gasteiger partial charge in [-0.3, -0.25) is 19.4 Å². The molecule has 55 heavy (non-hydrogen) atoms. The Morgan fingerprint density at radius 3 is 2.42 bits per heavy atom. The lowest BCUT2D eigenvalue weighted by Crippen LogP contribution is -2.60. The molecule has 2 aromatic rings. The van der Waals surface area contributed by atoms with Crippen molar-refractivity contribution in [1.29, 1.82) is 0 Å². The van der Waals surface area contributed by atoms with Gasteiger partial charge in [-0.15, -0.1) is 0 Å². The molecule has 1 amide bonds. The number of likely N-dealkylation sites (N-methyl/N-ethyl adjacent to an activating group) is 1. The van der Waals surface area contributed by atoms with Crippen molar-refractivity contribution in [1.82, 2.24) is 15.2 Å². The second-order valence-electron chi connectivity index (χ2n) is 16.3. The van der Waals surface area contributed by atoms with Gasteiger partial charge in [-0.05, 0) is 66.4 Å². The minimum atomic E-state index is -1.38. The molecule has 13 nitrogen and oxygen atoms in total. The topological polar surface area (TPSA) is 163 Å². The fraction of sp³-hybridized carbons (Fsp3) is 0.643. The number of nitrogens with zero attached hydrogens (tertiary/aromatic N) is 2. The summed E-state index contributed by atoms with van der Waals surface area (Å²) < 4.78 is 31.4. The smallest absolute Gasteiger partial charge is 0.408 e. The zero-order chi connectivity index (χ0) is 40.4. The Bertz CT molecular complexity index is 1750. The Balaban J connectivity index is 1.57. The number of fused-ring (bicyclic) bond motifs is 2. The first-order chi connectivity index (χ1) is 25.9. The van der Waals surface area contributed by atoms with Crippen LogP contribution in [0.15, 0.2) is 42.7 Å². The number of alkyl carbamates (subject to hydrolysis) is 1. The molecule has 0 aliphatic carbocycles. The van der Waals surface area contributed by atoms with Crippen molar-refractivity contribution in [2.24, 2.45) is 23.7 Å². The van der Waals surface area contributed by atoms with Gasteiger partial charge in [-0.2, -0.15) is 0 Å². The van der Waals surface area contributed by atoms with E-state index in [0.29, 0.717) is 6.42 Å². The van der Waals surface area contributed by atoms with E-state index >= 15 is 0 Å². The number of rotatable bonds is 8. The highest BCUT2D eigenvalue weighted by Gasteiger charge is 2.57. The number of esters is 1. The number of hydrogen-bond donors (Lipinski definition) is 2. The molecule has 1 aromatic heterocycles. The molecule has 0 saturated carbocycles. The van der Waals surface area contributed by atoms with Gasteiger partial charge in [0.05, 0.1) is 30.5 Å². The van der Waals surface area contributed by atoms with Crippen LogP contribution in [0.4, 0.5) is 4.79 Å². The molecule has 3 aliphatic rings. The summed E-state index contributed by atoms with van der Waals surface area (Å²) in [5.41, 5.74) is -1.85. The van der Waals surface area contributed by atoms with Crippen molar-refractivity contribution in [2.45, 2.75) is 129 Å². The van der Waals surface area contributed by atoms with E-state index in [-0.39, 0.29) is 37.4 Å². The van der Waals surface area contributed by atoms with Crippen LogP contribution in [0.25, 0.3) is 16.8 Å². The molecule has 302 valence electrons. The molecule has 1 unspecified atom stereocenters. The Labute approximate surface area is 324 Å². The number of carbonyl (C=O) groups is 4. The van der Waals surface area contributed by atoms with Gasteiger partial charge in [0, 0.05) is 47.1 Å². The van der Waals surface area contributed by atoms with Gasteiger partial charge in [0.2, 0.25) is 0 Å². The summed E-state index contributed by atoms with van der Waals surface area (Å²) in [6.07, 6.45) is 2.94. The van der Waals surface area contributed by atoms with E-state index in [1.807, 2.05) is 62.3 Å². The lowest BCUT2D eigenvalue weighted by molar-refractivity contribution is -0.296. The summed E-state index contributed by atoms with van der Waals surface area (Å²) in [6.45, 7) is 13.9. The van der Waals surface area contributed by atoms with Gasteiger partial charge in [0.25, 0.3) is 0 Å². The van der Waals surface area contributed by atoms with E-state index in [4.69, 9.17) is 23.7 Å². The summed E-state index contributed by atoms with van der Waals surface area (Å²) in [7, 11) is 3.74. The average molecular weight is 766 g/mol. The maximum atomic E-state index is 14.4. The maximum Gasteiger partial charge on any atom is 0.408 e. The molecule has 0 spiro atoms. The Hall–Kier alpha value is -3.75. The van der Waals surface area contributed by atoms with Crippen LogP contribution >= 0.6 is 0 Å². The van der Waals surface area contributed by atoms with Crippen LogP contribution in [0, 0.1) is 23.7 Å². The number of amides is 1. The maximum absolute atomic E-state index is 14.4. The van der Waals surface area contributed by atoms with Crippen LogP contribution in [0.1, 0.15) is 80.2 Å². The molecule has 13 heteroatoms. The predicted molar refractivity (Wildman–Crippen MR) is 206 cm³/mol. The molecule has 3 fully saturated rings. The van der Waals surface area contributed by atoms with Crippen LogP contribution < -0.4 is 5.32 Å². The molecule has 4 heterocycles. The van der Waals surface area contributed by atoms with E-state index in [1.165, 1.54) is 6.92 Å². The van der Waals surface area contributed by atoms with Gasteiger partial charge in [-0.1, -0.05) is 64.1 Å². The molecule has 3 aliphatic heterocycles. The van der Waals surface area contributed by atoms with Crippen molar-refractivity contribution in [3.05, 3.63) is 48.3 Å². The largest absolute Gasteiger partial charge is 0.458 e. The highest BCUT2D eigenvalue weighted by molar-refractivity contribution is 6.00. The lowest BCUT2D eigenvalue weighted by Gasteiger charge is -2.47. The van der Waals surface area contributed by atoms with Crippen LogP contribution in [-0.4, -0.2) is 113 Å². The number of benzene rings is 1. The molecule has 3 saturated heterocycles. The quantitative estimate of drug-likeness (QED) is 0.270. The van der Waals surface area contributed by atoms with Crippen LogP contribution in [0.5, 0.6) is 0 Å². The highest BCUT2D eigenvalue weighted by atomic mass is 16.7. The minimum absolute atomic E-state index is 0.0577. The molecule has 2 N–H and O–H groups in total. The van der Waals surface area contributed by atoms with Gasteiger partial charge >= 0.3 is 12.1 Å². The third kappa shape index (κ3) is 8.81. The number of pyridine rings is 1. The van der Waals surface area contributed by atoms with Gasteiger partial charge < -0.3 is 39.0 Å². The molecule has 0 bridgehead atoms. The Morgan fingerprint density at radius 1 is 1.02 bits per heavy atom. The van der Waals surface area contributed by atoms with E-state index < -0.39 is 83.4 Å². The van der Waals surface area contributed by atoms with E-state index in [0.717, 1.165) is 16.3 Å². The van der Waals surface area contributed by atoms with E-state index in [1.54, 1.807) is 53.9 Å². The Morgan fingerprint density at radius 2 is 1.73 bits per heavy atom. The number of aliphatic hydroxyl groups is 1. The lowest BCUT2D eigenvalue weighted by atomic mass is 9.73. The second kappa shape index (κ2) is 17.2. The third-order valence-electron chi connectivity index (χ3n) is 12.0. The summed E-state index contributed by atoms with van der Waals surface area (Å²) >= 11 is 0. The Kier molecular flexibility index (Phi) is 13.2. The number of carbonyl (C=O) groups excluding carboxylic acids is 4. The zero-order valence-corrected chi connectivity index (χ0v) is 33.8. The van der Waals surface area contributed by atoms with E-state index in [9.17, 15) is 24.3 Å². The van der Waals surface area contributed by atoms with Crippen LogP contribution in [0.3, 0.4) is 0 Å². The number of ketones is 2. The molecule has 13 atom stereocenters. The summed E-state index contributed by atoms with van der Waals surface area (Å²) in [5, 5.41) is 16.4. The first kappa shape index (κ1) is 42.4. The number of Topliss-reactive ketones (excluding diaryl/α,β-unsaturated/α-hetero) is 2. The van der Waals surface area contributed by atoms with Gasteiger partial charge in [0.15, 0.2) is 17.7 Å². The van der Waals surface area contributed by atoms with Crippen molar-refractivity contribution >= 4 is 40.5 Å². The molecule has 1 aromatic carbocycles. The first-order valence-electron chi connectivity index (χ1n) is 19.5. The summed E-state index contributed by atoms with van der Waals surface area (Å²) in [6, 6.07) is 6.78. The summed E-state index contributed by atoms with van der Waals surface area (Å²) in [4.78, 5) is 61.7.